The number of hydrogen-bond donors (Lipinski definition) is 0. The minimum Gasteiger partial charge on any atom is -0.495 e. The molecule has 0 aliphatic rings. The fraction of sp³-hybridized carbons (Fsp3) is 0.192. The summed E-state index contributed by atoms with van der Waals surface area (Å²) >= 11 is 0. The Hall–Kier alpha value is -4.53. The van der Waals surface area contributed by atoms with Gasteiger partial charge in [0.2, 0.25) is 0 Å². The standard InChI is InChI=1S/C26H24N4O5/c1-16-9-14-23(35-4)22(15-16)29-24(27-21-8-6-5-7-20(21)26(29)32)17(2)28(3)25(31)18-10-12-19(13-11-18)30(33)34/h5-15,17H,1-4H3. The molecule has 4 aromatic rings. The predicted molar refractivity (Wildman–Crippen MR) is 132 cm³/mol. The summed E-state index contributed by atoms with van der Waals surface area (Å²) < 4.78 is 7.03. The van der Waals surface area contributed by atoms with Crippen molar-refractivity contribution in [3.63, 3.8) is 0 Å². The molecule has 1 aromatic heterocycles. The molecule has 178 valence electrons. The fourth-order valence-corrected chi connectivity index (χ4v) is 3.92. The lowest BCUT2D eigenvalue weighted by Crippen LogP contribution is -2.35. The maximum absolute atomic E-state index is 13.7. The zero-order valence-corrected chi connectivity index (χ0v) is 19.8. The molecule has 3 aromatic carbocycles. The maximum Gasteiger partial charge on any atom is 0.269 e. The average molecular weight is 473 g/mol. The van der Waals surface area contributed by atoms with Gasteiger partial charge in [0.25, 0.3) is 17.2 Å². The number of carbonyl (C=O) groups excluding carboxylic acids is 1. The van der Waals surface area contributed by atoms with Gasteiger partial charge < -0.3 is 9.64 Å². The zero-order valence-electron chi connectivity index (χ0n) is 19.8. The zero-order chi connectivity index (χ0) is 25.3. The number of para-hydroxylation sites is 1. The van der Waals surface area contributed by atoms with E-state index < -0.39 is 11.0 Å². The Morgan fingerprint density at radius 1 is 1.11 bits per heavy atom. The average Bonchev–Trinajstić information content (AvgIpc) is 2.87. The van der Waals surface area contributed by atoms with E-state index in [2.05, 4.69) is 0 Å². The molecule has 0 radical (unpaired) electrons. The van der Waals surface area contributed by atoms with Crippen LogP contribution < -0.4 is 10.3 Å². The summed E-state index contributed by atoms with van der Waals surface area (Å²) in [6.45, 7) is 3.69. The molecule has 35 heavy (non-hydrogen) atoms. The van der Waals surface area contributed by atoms with E-state index in [-0.39, 0.29) is 22.7 Å². The van der Waals surface area contributed by atoms with Crippen LogP contribution in [0.15, 0.2) is 71.5 Å². The molecule has 9 nitrogen and oxygen atoms in total. The summed E-state index contributed by atoms with van der Waals surface area (Å²) in [4.78, 5) is 43.6. The quantitative estimate of drug-likeness (QED) is 0.303. The minimum absolute atomic E-state index is 0.103. The van der Waals surface area contributed by atoms with Gasteiger partial charge in [-0.2, -0.15) is 0 Å². The predicted octanol–water partition coefficient (Wildman–Crippen LogP) is 4.44. The third-order valence-corrected chi connectivity index (χ3v) is 5.98. The van der Waals surface area contributed by atoms with Gasteiger partial charge in [-0.1, -0.05) is 18.2 Å². The summed E-state index contributed by atoms with van der Waals surface area (Å²) in [5.74, 6) is 0.487. The van der Waals surface area contributed by atoms with Crippen LogP contribution in [0.2, 0.25) is 0 Å². The van der Waals surface area contributed by atoms with Crippen LogP contribution in [-0.4, -0.2) is 39.4 Å². The van der Waals surface area contributed by atoms with Crippen LogP contribution in [0.25, 0.3) is 16.6 Å². The first-order valence-electron chi connectivity index (χ1n) is 10.9. The fourth-order valence-electron chi connectivity index (χ4n) is 3.92. The molecule has 4 rings (SSSR count). The van der Waals surface area contributed by atoms with Gasteiger partial charge in [-0.15, -0.1) is 0 Å². The normalized spacial score (nSPS) is 11.8. The smallest absolute Gasteiger partial charge is 0.269 e. The number of carbonyl (C=O) groups is 1. The second-order valence-corrected chi connectivity index (χ2v) is 8.20. The van der Waals surface area contributed by atoms with Crippen molar-refractivity contribution in [3.05, 3.63) is 104 Å². The molecule has 0 aliphatic carbocycles. The lowest BCUT2D eigenvalue weighted by Gasteiger charge is -2.27. The van der Waals surface area contributed by atoms with Crippen molar-refractivity contribution in [2.75, 3.05) is 14.2 Å². The third kappa shape index (κ3) is 4.35. The van der Waals surface area contributed by atoms with Gasteiger partial charge in [-0.05, 0) is 55.8 Å². The number of fused-ring (bicyclic) bond motifs is 1. The van der Waals surface area contributed by atoms with Gasteiger partial charge in [-0.3, -0.25) is 24.3 Å². The van der Waals surface area contributed by atoms with Gasteiger partial charge in [0.05, 0.1) is 34.7 Å². The Morgan fingerprint density at radius 3 is 2.46 bits per heavy atom. The monoisotopic (exact) mass is 472 g/mol. The van der Waals surface area contributed by atoms with Crippen molar-refractivity contribution < 1.29 is 14.5 Å². The SMILES string of the molecule is COc1ccc(C)cc1-n1c(C(C)N(C)C(=O)c2ccc([N+](=O)[O-])cc2)nc2ccccc2c1=O. The van der Waals surface area contributed by atoms with Crippen LogP contribution in [0.4, 0.5) is 5.69 Å². The number of methoxy groups -OCH3 is 1. The molecule has 0 aliphatic heterocycles. The number of nitro groups is 1. The Bertz CT molecular complexity index is 1490. The Labute approximate surface area is 201 Å². The first-order valence-corrected chi connectivity index (χ1v) is 10.9. The van der Waals surface area contributed by atoms with E-state index in [1.54, 1.807) is 44.3 Å². The lowest BCUT2D eigenvalue weighted by atomic mass is 10.1. The van der Waals surface area contributed by atoms with Crippen LogP contribution in [0.1, 0.15) is 34.7 Å². The second-order valence-electron chi connectivity index (χ2n) is 8.20. The largest absolute Gasteiger partial charge is 0.495 e. The minimum atomic E-state index is -0.625. The highest BCUT2D eigenvalue weighted by Crippen LogP contribution is 2.29. The summed E-state index contributed by atoms with van der Waals surface area (Å²) in [6.07, 6.45) is 0. The number of hydrogen-bond acceptors (Lipinski definition) is 6. The highest BCUT2D eigenvalue weighted by Gasteiger charge is 2.26. The van der Waals surface area contributed by atoms with E-state index in [9.17, 15) is 19.7 Å². The number of non-ortho nitro benzene ring substituents is 1. The lowest BCUT2D eigenvalue weighted by molar-refractivity contribution is -0.384. The van der Waals surface area contributed by atoms with Crippen molar-refractivity contribution in [2.45, 2.75) is 19.9 Å². The van der Waals surface area contributed by atoms with Crippen LogP contribution in [0.3, 0.4) is 0 Å². The number of rotatable bonds is 6. The van der Waals surface area contributed by atoms with E-state index in [1.165, 1.54) is 40.8 Å². The molecular weight excluding hydrogens is 448 g/mol. The number of benzene rings is 3. The molecule has 1 unspecified atom stereocenters. The van der Waals surface area contributed by atoms with Crippen molar-refractivity contribution >= 4 is 22.5 Å². The van der Waals surface area contributed by atoms with Crippen LogP contribution in [0, 0.1) is 17.0 Å². The Kier molecular flexibility index (Phi) is 6.33. The van der Waals surface area contributed by atoms with Gasteiger partial charge in [0, 0.05) is 24.7 Å². The molecule has 0 bridgehead atoms. The molecule has 0 saturated heterocycles. The molecule has 0 saturated carbocycles. The number of aromatic nitrogens is 2. The van der Waals surface area contributed by atoms with Crippen LogP contribution in [0.5, 0.6) is 5.75 Å². The van der Waals surface area contributed by atoms with Gasteiger partial charge >= 0.3 is 0 Å². The van der Waals surface area contributed by atoms with E-state index in [4.69, 9.17) is 9.72 Å². The number of ether oxygens (including phenoxy) is 1. The molecule has 1 amide bonds. The van der Waals surface area contributed by atoms with Gasteiger partial charge in [-0.25, -0.2) is 4.98 Å². The van der Waals surface area contributed by atoms with Crippen molar-refractivity contribution in [2.24, 2.45) is 0 Å². The number of amides is 1. The van der Waals surface area contributed by atoms with Crippen molar-refractivity contribution in [1.82, 2.24) is 14.5 Å². The Balaban J connectivity index is 1.87. The van der Waals surface area contributed by atoms with Crippen LogP contribution in [-0.2, 0) is 0 Å². The first-order chi connectivity index (χ1) is 16.7. The third-order valence-electron chi connectivity index (χ3n) is 5.98. The summed E-state index contributed by atoms with van der Waals surface area (Å²) in [7, 11) is 3.13. The maximum atomic E-state index is 13.7. The van der Waals surface area contributed by atoms with E-state index >= 15 is 0 Å². The molecule has 0 N–H and O–H groups in total. The highest BCUT2D eigenvalue weighted by atomic mass is 16.6. The molecule has 0 spiro atoms. The van der Waals surface area contributed by atoms with Gasteiger partial charge in [0.15, 0.2) is 0 Å². The molecule has 1 atom stereocenters. The number of nitro benzene ring substituents is 1. The van der Waals surface area contributed by atoms with Crippen molar-refractivity contribution in [3.8, 4) is 11.4 Å². The van der Waals surface area contributed by atoms with E-state index in [1.807, 2.05) is 19.1 Å². The molecule has 1 heterocycles. The Morgan fingerprint density at radius 2 is 1.80 bits per heavy atom. The van der Waals surface area contributed by atoms with E-state index in [0.29, 0.717) is 28.2 Å². The first kappa shape index (κ1) is 23.6. The number of aryl methyl sites for hydroxylation is 1. The molecular formula is C26H24N4O5. The van der Waals surface area contributed by atoms with Gasteiger partial charge in [0.1, 0.15) is 11.6 Å². The number of nitrogens with zero attached hydrogens (tertiary/aromatic N) is 4. The summed E-state index contributed by atoms with van der Waals surface area (Å²) in [5, 5.41) is 11.4. The topological polar surface area (TPSA) is 108 Å². The second kappa shape index (κ2) is 9.38. The molecule has 9 heteroatoms. The summed E-state index contributed by atoms with van der Waals surface area (Å²) in [5.41, 5.74) is 1.86. The van der Waals surface area contributed by atoms with E-state index in [0.717, 1.165) is 5.56 Å². The van der Waals surface area contributed by atoms with Crippen LogP contribution >= 0.6 is 0 Å². The molecule has 0 fully saturated rings. The summed E-state index contributed by atoms with van der Waals surface area (Å²) in [6, 6.07) is 17.3. The van der Waals surface area contributed by atoms with Crippen molar-refractivity contribution in [1.29, 1.82) is 0 Å². The highest BCUT2D eigenvalue weighted by molar-refractivity contribution is 5.94.